The zero-order valence-electron chi connectivity index (χ0n) is 17.4. The van der Waals surface area contributed by atoms with Gasteiger partial charge in [-0.25, -0.2) is 0 Å². The molecule has 0 saturated carbocycles. The van der Waals surface area contributed by atoms with E-state index in [0.717, 1.165) is 23.2 Å². The zero-order chi connectivity index (χ0) is 21.7. The Morgan fingerprint density at radius 2 is 1.97 bits per heavy atom. The molecule has 7 heteroatoms. The van der Waals surface area contributed by atoms with Gasteiger partial charge in [0, 0.05) is 18.7 Å². The first-order chi connectivity index (χ1) is 14.4. The van der Waals surface area contributed by atoms with Crippen LogP contribution in [0.1, 0.15) is 24.5 Å². The van der Waals surface area contributed by atoms with Crippen molar-refractivity contribution in [1.29, 1.82) is 0 Å². The summed E-state index contributed by atoms with van der Waals surface area (Å²) in [7, 11) is 1.51. The van der Waals surface area contributed by atoms with E-state index in [1.165, 1.54) is 7.11 Å². The lowest BCUT2D eigenvalue weighted by Crippen LogP contribution is -2.28. The fourth-order valence-corrected chi connectivity index (χ4v) is 3.53. The molecule has 1 fully saturated rings. The number of methoxy groups -OCH3 is 1. The van der Waals surface area contributed by atoms with Crippen LogP contribution in [0.4, 0.5) is 11.4 Å². The lowest BCUT2D eigenvalue weighted by molar-refractivity contribution is -0.151. The fraction of sp³-hybridized carbons (Fsp3) is 0.348. The molecule has 1 heterocycles. The molecule has 1 aliphatic heterocycles. The van der Waals surface area contributed by atoms with E-state index in [1.54, 1.807) is 17.0 Å². The van der Waals surface area contributed by atoms with Crippen molar-refractivity contribution in [1.82, 2.24) is 0 Å². The molecule has 0 radical (unpaired) electrons. The minimum absolute atomic E-state index is 0.0736. The van der Waals surface area contributed by atoms with Gasteiger partial charge in [0.05, 0.1) is 18.7 Å². The lowest BCUT2D eigenvalue weighted by Gasteiger charge is -2.19. The Bertz CT molecular complexity index is 956. The summed E-state index contributed by atoms with van der Waals surface area (Å²) in [5, 5.41) is 2.69. The molecule has 3 rings (SSSR count). The van der Waals surface area contributed by atoms with Crippen LogP contribution in [0.2, 0.25) is 0 Å². The van der Waals surface area contributed by atoms with Gasteiger partial charge in [0.15, 0.2) is 6.61 Å². The summed E-state index contributed by atoms with van der Waals surface area (Å²) in [6.45, 7) is 3.75. The number of esters is 1. The second-order valence-corrected chi connectivity index (χ2v) is 7.25. The summed E-state index contributed by atoms with van der Waals surface area (Å²) in [6, 6.07) is 13.0. The number of carbonyl (C=O) groups is 3. The highest BCUT2D eigenvalue weighted by Crippen LogP contribution is 2.29. The average Bonchev–Trinajstić information content (AvgIpc) is 3.13. The van der Waals surface area contributed by atoms with Crippen LogP contribution in [0.5, 0.6) is 5.75 Å². The predicted octanol–water partition coefficient (Wildman–Crippen LogP) is 3.10. The van der Waals surface area contributed by atoms with Gasteiger partial charge in [0.25, 0.3) is 5.91 Å². The van der Waals surface area contributed by atoms with Crippen molar-refractivity contribution in [2.24, 2.45) is 5.92 Å². The van der Waals surface area contributed by atoms with Gasteiger partial charge in [0.1, 0.15) is 5.75 Å². The van der Waals surface area contributed by atoms with Gasteiger partial charge in [0.2, 0.25) is 5.91 Å². The molecule has 0 unspecified atom stereocenters. The maximum Gasteiger partial charge on any atom is 0.311 e. The van der Waals surface area contributed by atoms with Crippen molar-refractivity contribution in [3.8, 4) is 5.75 Å². The van der Waals surface area contributed by atoms with E-state index in [1.807, 2.05) is 44.2 Å². The van der Waals surface area contributed by atoms with Gasteiger partial charge >= 0.3 is 5.97 Å². The molecule has 2 aromatic rings. The van der Waals surface area contributed by atoms with Crippen molar-refractivity contribution in [3.05, 3.63) is 53.6 Å². The number of aryl methyl sites for hydroxylation is 2. The summed E-state index contributed by atoms with van der Waals surface area (Å²) in [5.74, 6) is -1.21. The van der Waals surface area contributed by atoms with Crippen molar-refractivity contribution in [2.75, 3.05) is 30.5 Å². The van der Waals surface area contributed by atoms with E-state index in [4.69, 9.17) is 9.47 Å². The maximum atomic E-state index is 12.5. The summed E-state index contributed by atoms with van der Waals surface area (Å²) in [4.78, 5) is 38.8. The number of para-hydroxylation sites is 1. The minimum atomic E-state index is -0.594. The highest BCUT2D eigenvalue weighted by molar-refractivity contribution is 6.00. The summed E-state index contributed by atoms with van der Waals surface area (Å²) in [5.41, 5.74) is 3.34. The molecule has 1 aliphatic rings. The third-order valence-corrected chi connectivity index (χ3v) is 5.10. The number of amides is 2. The third kappa shape index (κ3) is 4.79. The molecule has 0 aliphatic carbocycles. The highest BCUT2D eigenvalue weighted by atomic mass is 16.5. The van der Waals surface area contributed by atoms with Crippen molar-refractivity contribution in [2.45, 2.75) is 26.7 Å². The molecule has 30 heavy (non-hydrogen) atoms. The second kappa shape index (κ2) is 9.43. The van der Waals surface area contributed by atoms with Crippen molar-refractivity contribution >= 4 is 29.2 Å². The molecule has 2 aromatic carbocycles. The molecule has 1 atom stereocenters. The molecule has 1 N–H and O–H groups in total. The van der Waals surface area contributed by atoms with Crippen LogP contribution in [0.3, 0.4) is 0 Å². The number of hydrogen-bond acceptors (Lipinski definition) is 5. The van der Waals surface area contributed by atoms with Crippen LogP contribution < -0.4 is 15.0 Å². The number of nitrogens with one attached hydrogen (secondary N) is 1. The van der Waals surface area contributed by atoms with Gasteiger partial charge < -0.3 is 19.7 Å². The van der Waals surface area contributed by atoms with Gasteiger partial charge in [-0.3, -0.25) is 14.4 Å². The monoisotopic (exact) mass is 410 g/mol. The normalized spacial score (nSPS) is 15.8. The van der Waals surface area contributed by atoms with E-state index in [-0.39, 0.29) is 18.9 Å². The summed E-state index contributed by atoms with van der Waals surface area (Å²) in [6.07, 6.45) is 0.863. The summed E-state index contributed by atoms with van der Waals surface area (Å²) >= 11 is 0. The number of benzene rings is 2. The standard InChI is InChI=1S/C23H26N2O5/c1-4-16-7-5-6-8-19(16)25-13-17(12-22(25)27)23(28)30-14-21(26)24-18-11-15(2)9-10-20(18)29-3/h5-11,17H,4,12-14H2,1-3H3,(H,24,26)/t17-/m0/s1. The predicted molar refractivity (Wildman–Crippen MR) is 114 cm³/mol. The largest absolute Gasteiger partial charge is 0.495 e. The van der Waals surface area contributed by atoms with Crippen LogP contribution in [0, 0.1) is 12.8 Å². The van der Waals surface area contributed by atoms with Crippen LogP contribution in [-0.2, 0) is 25.5 Å². The Morgan fingerprint density at radius 3 is 2.70 bits per heavy atom. The van der Waals surface area contributed by atoms with Gasteiger partial charge in [-0.2, -0.15) is 0 Å². The van der Waals surface area contributed by atoms with Crippen LogP contribution in [0.25, 0.3) is 0 Å². The maximum absolute atomic E-state index is 12.5. The lowest BCUT2D eigenvalue weighted by atomic mass is 10.1. The van der Waals surface area contributed by atoms with E-state index in [2.05, 4.69) is 5.32 Å². The second-order valence-electron chi connectivity index (χ2n) is 7.25. The third-order valence-electron chi connectivity index (χ3n) is 5.10. The molecule has 158 valence electrons. The topological polar surface area (TPSA) is 84.9 Å². The number of carbonyl (C=O) groups excluding carboxylic acids is 3. The molecular weight excluding hydrogens is 384 g/mol. The van der Waals surface area contributed by atoms with Crippen LogP contribution in [0.15, 0.2) is 42.5 Å². The van der Waals surface area contributed by atoms with Gasteiger partial charge in [-0.1, -0.05) is 31.2 Å². The number of hydrogen-bond donors (Lipinski definition) is 1. The number of ether oxygens (including phenoxy) is 2. The van der Waals surface area contributed by atoms with Gasteiger partial charge in [-0.15, -0.1) is 0 Å². The Hall–Kier alpha value is -3.35. The first-order valence-electron chi connectivity index (χ1n) is 9.92. The highest BCUT2D eigenvalue weighted by Gasteiger charge is 2.37. The molecule has 0 bridgehead atoms. The number of rotatable bonds is 7. The Labute approximate surface area is 176 Å². The quantitative estimate of drug-likeness (QED) is 0.709. The van der Waals surface area contributed by atoms with E-state index >= 15 is 0 Å². The summed E-state index contributed by atoms with van der Waals surface area (Å²) < 4.78 is 10.4. The smallest absolute Gasteiger partial charge is 0.311 e. The Balaban J connectivity index is 1.57. The van der Waals surface area contributed by atoms with E-state index < -0.39 is 24.4 Å². The fourth-order valence-electron chi connectivity index (χ4n) is 3.53. The molecule has 0 spiro atoms. The molecule has 1 saturated heterocycles. The van der Waals surface area contributed by atoms with Crippen molar-refractivity contribution < 1.29 is 23.9 Å². The van der Waals surface area contributed by atoms with E-state index in [9.17, 15) is 14.4 Å². The SMILES string of the molecule is CCc1ccccc1N1C[C@@H](C(=O)OCC(=O)Nc2cc(C)ccc2OC)CC1=O. The first kappa shape index (κ1) is 21.4. The molecule has 7 nitrogen and oxygen atoms in total. The number of nitrogens with zero attached hydrogens (tertiary/aromatic N) is 1. The molecule has 0 aromatic heterocycles. The van der Waals surface area contributed by atoms with Crippen LogP contribution >= 0.6 is 0 Å². The Morgan fingerprint density at radius 1 is 1.20 bits per heavy atom. The van der Waals surface area contributed by atoms with Gasteiger partial charge in [-0.05, 0) is 42.7 Å². The van der Waals surface area contributed by atoms with E-state index in [0.29, 0.717) is 11.4 Å². The minimum Gasteiger partial charge on any atom is -0.495 e. The Kier molecular flexibility index (Phi) is 6.72. The van der Waals surface area contributed by atoms with Crippen LogP contribution in [-0.4, -0.2) is 38.0 Å². The molecule has 2 amide bonds. The number of anilines is 2. The zero-order valence-corrected chi connectivity index (χ0v) is 17.4. The average molecular weight is 410 g/mol. The molecular formula is C23H26N2O5. The first-order valence-corrected chi connectivity index (χ1v) is 9.92. The van der Waals surface area contributed by atoms with Crippen molar-refractivity contribution in [3.63, 3.8) is 0 Å².